The van der Waals surface area contributed by atoms with Crippen LogP contribution in [0.15, 0.2) is 23.1 Å². The van der Waals surface area contributed by atoms with E-state index in [-0.39, 0.29) is 41.1 Å². The Morgan fingerprint density at radius 1 is 1.45 bits per heavy atom. The van der Waals surface area contributed by atoms with E-state index in [1.807, 2.05) is 0 Å². The summed E-state index contributed by atoms with van der Waals surface area (Å²) in [4.78, 5) is 0.582. The molecule has 0 amide bonds. The molecule has 0 unspecified atom stereocenters. The number of ether oxygens (including phenoxy) is 1. The van der Waals surface area contributed by atoms with E-state index >= 15 is 0 Å². The first kappa shape index (κ1) is 11.2. The fourth-order valence-electron chi connectivity index (χ4n) is 0.640. The summed E-state index contributed by atoms with van der Waals surface area (Å²) in [6.45, 7) is 0. The topological polar surface area (TPSA) is 9.23 Å². The molecule has 0 saturated heterocycles. The summed E-state index contributed by atoms with van der Waals surface area (Å²) in [6.07, 6.45) is 0. The molecule has 0 aliphatic heterocycles. The predicted molar refractivity (Wildman–Crippen MR) is 38.6 cm³/mol. The Morgan fingerprint density at radius 2 is 2.09 bits per heavy atom. The van der Waals surface area contributed by atoms with Crippen LogP contribution in [0.3, 0.4) is 0 Å². The minimum absolute atomic E-state index is 0. The minimum Gasteiger partial charge on any atom is -0.780 e. The van der Waals surface area contributed by atoms with Gasteiger partial charge in [-0.25, -0.2) is 4.39 Å². The van der Waals surface area contributed by atoms with Crippen molar-refractivity contribution in [1.29, 1.82) is 0 Å². The predicted octanol–water partition coefficient (Wildman–Crippen LogP) is -1.26. The quantitative estimate of drug-likeness (QED) is 0.394. The summed E-state index contributed by atoms with van der Waals surface area (Å²) in [6, 6.07) is 4.29. The van der Waals surface area contributed by atoms with Crippen molar-refractivity contribution in [3.05, 3.63) is 24.0 Å². The second-order valence-corrected chi connectivity index (χ2v) is 2.27. The first-order valence-electron chi connectivity index (χ1n) is 2.74. The average Bonchev–Trinajstić information content (AvgIpc) is 1.94. The van der Waals surface area contributed by atoms with Gasteiger partial charge < -0.3 is 17.4 Å². The third-order valence-electron chi connectivity index (χ3n) is 1.12. The van der Waals surface area contributed by atoms with Gasteiger partial charge in [-0.3, -0.25) is 0 Å². The van der Waals surface area contributed by atoms with Gasteiger partial charge in [-0.2, -0.15) is 4.90 Å². The van der Waals surface area contributed by atoms with Crippen molar-refractivity contribution in [3.63, 3.8) is 0 Å². The maximum absolute atomic E-state index is 12.6. The van der Waals surface area contributed by atoms with Crippen LogP contribution in [0.5, 0.6) is 5.75 Å². The number of benzene rings is 1. The molecule has 0 aliphatic carbocycles. The average molecular weight is 180 g/mol. The van der Waals surface area contributed by atoms with Crippen molar-refractivity contribution < 1.29 is 38.7 Å². The molecule has 0 spiro atoms. The molecule has 0 radical (unpaired) electrons. The summed E-state index contributed by atoms with van der Waals surface area (Å²) < 4.78 is 17.3. The third kappa shape index (κ3) is 2.95. The molecule has 0 bridgehead atoms. The fourth-order valence-corrected chi connectivity index (χ4v) is 0.815. The van der Waals surface area contributed by atoms with Crippen LogP contribution in [-0.4, -0.2) is 7.11 Å². The Hall–Kier alpha value is 0.170. The molecule has 0 heterocycles. The summed E-state index contributed by atoms with van der Waals surface area (Å²) >= 11 is 4.78. The third-order valence-corrected chi connectivity index (χ3v) is 1.38. The molecule has 1 nitrogen and oxygen atoms in total. The fraction of sp³-hybridized carbons (Fsp3) is 0.143. The molecule has 0 atom stereocenters. The second-order valence-electron chi connectivity index (χ2n) is 1.80. The number of halogens is 1. The first-order chi connectivity index (χ1) is 4.74. The van der Waals surface area contributed by atoms with Gasteiger partial charge in [0.2, 0.25) is 0 Å². The van der Waals surface area contributed by atoms with E-state index in [1.165, 1.54) is 25.3 Å². The monoisotopic (exact) mass is 180 g/mol. The Bertz CT molecular complexity index is 242. The van der Waals surface area contributed by atoms with Gasteiger partial charge in [-0.15, -0.1) is 0 Å². The Morgan fingerprint density at radius 3 is 2.55 bits per heavy atom. The molecular weight excluding hydrogens is 174 g/mol. The zero-order valence-corrected chi connectivity index (χ0v) is 9.24. The van der Waals surface area contributed by atoms with Crippen molar-refractivity contribution in [3.8, 4) is 5.75 Å². The summed E-state index contributed by atoms with van der Waals surface area (Å²) in [5, 5.41) is 0. The van der Waals surface area contributed by atoms with Gasteiger partial charge in [0, 0.05) is 0 Å². The molecule has 1 aromatic rings. The van der Waals surface area contributed by atoms with Crippen LogP contribution in [0.4, 0.5) is 4.39 Å². The van der Waals surface area contributed by atoms with E-state index in [9.17, 15) is 4.39 Å². The van der Waals surface area contributed by atoms with Crippen LogP contribution in [0.2, 0.25) is 0 Å². The van der Waals surface area contributed by atoms with Crippen LogP contribution in [0, 0.1) is 5.82 Å². The van der Waals surface area contributed by atoms with Crippen molar-refractivity contribution in [2.75, 3.05) is 7.11 Å². The van der Waals surface area contributed by atoms with Crippen molar-refractivity contribution >= 4 is 12.6 Å². The zero-order valence-electron chi connectivity index (χ0n) is 6.43. The molecule has 0 N–H and O–H groups in total. The van der Waals surface area contributed by atoms with Crippen LogP contribution in [-0.2, 0) is 12.6 Å². The van der Waals surface area contributed by atoms with Crippen molar-refractivity contribution in [2.45, 2.75) is 4.90 Å². The van der Waals surface area contributed by atoms with E-state index in [0.717, 1.165) is 0 Å². The maximum Gasteiger partial charge on any atom is 1.00 e. The summed E-state index contributed by atoms with van der Waals surface area (Å²) in [5.41, 5.74) is 0. The molecule has 0 fully saturated rings. The molecule has 11 heavy (non-hydrogen) atoms. The van der Waals surface area contributed by atoms with Gasteiger partial charge in [0.25, 0.3) is 0 Å². The maximum atomic E-state index is 12.6. The van der Waals surface area contributed by atoms with Crippen LogP contribution in [0.1, 0.15) is 0 Å². The molecular formula is C7H6FNaOS. The Labute approximate surface area is 92.6 Å². The van der Waals surface area contributed by atoms with E-state index in [0.29, 0.717) is 4.90 Å². The Balaban J connectivity index is 0.000001000. The molecule has 0 saturated carbocycles. The smallest absolute Gasteiger partial charge is 0.780 e. The van der Waals surface area contributed by atoms with Gasteiger partial charge >= 0.3 is 29.6 Å². The van der Waals surface area contributed by atoms with Crippen LogP contribution >= 0.6 is 0 Å². The largest absolute Gasteiger partial charge is 1.00 e. The van der Waals surface area contributed by atoms with Crippen molar-refractivity contribution in [1.82, 2.24) is 0 Å². The molecule has 0 aliphatic rings. The van der Waals surface area contributed by atoms with Gasteiger partial charge in [-0.1, -0.05) is 6.07 Å². The number of methoxy groups -OCH3 is 1. The van der Waals surface area contributed by atoms with E-state index in [2.05, 4.69) is 4.74 Å². The van der Waals surface area contributed by atoms with Crippen molar-refractivity contribution in [2.24, 2.45) is 0 Å². The standard InChI is InChI=1S/C7H7FOS.Na/c1-9-7-4-5(10)2-3-6(7)8;/h2-4,10H,1H3;/q;+1/p-1. The number of hydrogen-bond acceptors (Lipinski definition) is 2. The number of hydrogen-bond donors (Lipinski definition) is 0. The van der Waals surface area contributed by atoms with E-state index in [1.54, 1.807) is 0 Å². The number of rotatable bonds is 1. The molecule has 4 heteroatoms. The molecule has 0 aromatic heterocycles. The van der Waals surface area contributed by atoms with Crippen LogP contribution in [0.25, 0.3) is 0 Å². The second kappa shape index (κ2) is 4.93. The van der Waals surface area contributed by atoms with Gasteiger partial charge in [0.1, 0.15) is 0 Å². The van der Waals surface area contributed by atoms with Gasteiger partial charge in [0.05, 0.1) is 7.11 Å². The SMILES string of the molecule is COc1cc([S-])ccc1F.[Na+]. The van der Waals surface area contributed by atoms with Gasteiger partial charge in [-0.05, 0) is 12.1 Å². The Kier molecular flexibility index (Phi) is 5.01. The van der Waals surface area contributed by atoms with Gasteiger partial charge in [0.15, 0.2) is 11.6 Å². The first-order valence-corrected chi connectivity index (χ1v) is 3.15. The summed E-state index contributed by atoms with van der Waals surface area (Å²) in [7, 11) is 1.41. The minimum atomic E-state index is -0.379. The van der Waals surface area contributed by atoms with Crippen LogP contribution < -0.4 is 34.3 Å². The molecule has 1 aromatic carbocycles. The zero-order chi connectivity index (χ0) is 7.56. The normalized spacial score (nSPS) is 8.55. The molecule has 1 rings (SSSR count). The van der Waals surface area contributed by atoms with E-state index < -0.39 is 0 Å². The summed E-state index contributed by atoms with van der Waals surface area (Å²) in [5.74, 6) is -0.177. The molecule has 54 valence electrons. The van der Waals surface area contributed by atoms with E-state index in [4.69, 9.17) is 12.6 Å².